The fraction of sp³-hybridized carbons (Fsp3) is 0.250. The van der Waals surface area contributed by atoms with Crippen molar-refractivity contribution in [3.63, 3.8) is 0 Å². The molecule has 2 amide bonds. The van der Waals surface area contributed by atoms with Crippen LogP contribution in [-0.4, -0.2) is 44.3 Å². The standard InChI is InChI=1S/C20H22BrN3O4S/c1-27-11-5-10-22-18(25)14-6-3-4-7-16(14)23-20(29)24-19(26)15-12-13(21)8-9-17(15)28-2/h3-4,6-9,12H,5,10-11H2,1-2H3,(H,22,25)(H2,23,24,26,29). The fourth-order valence-electron chi connectivity index (χ4n) is 2.49. The van der Waals surface area contributed by atoms with Crippen molar-refractivity contribution in [2.24, 2.45) is 0 Å². The number of rotatable bonds is 8. The lowest BCUT2D eigenvalue weighted by Crippen LogP contribution is -2.35. The van der Waals surface area contributed by atoms with Crippen LogP contribution in [0, 0.1) is 0 Å². The number of hydrogen-bond donors (Lipinski definition) is 3. The van der Waals surface area contributed by atoms with Crippen molar-refractivity contribution in [3.05, 3.63) is 58.1 Å². The first-order chi connectivity index (χ1) is 14.0. The molecule has 2 aromatic carbocycles. The van der Waals surface area contributed by atoms with Crippen molar-refractivity contribution >= 4 is 50.8 Å². The number of ether oxygens (including phenoxy) is 2. The van der Waals surface area contributed by atoms with Crippen molar-refractivity contribution < 1.29 is 19.1 Å². The first kappa shape index (κ1) is 22.8. The van der Waals surface area contributed by atoms with Crippen molar-refractivity contribution in [1.82, 2.24) is 10.6 Å². The van der Waals surface area contributed by atoms with Crippen LogP contribution in [0.5, 0.6) is 5.75 Å². The van der Waals surface area contributed by atoms with E-state index in [9.17, 15) is 9.59 Å². The van der Waals surface area contributed by atoms with Gasteiger partial charge in [0.1, 0.15) is 5.75 Å². The van der Waals surface area contributed by atoms with E-state index in [0.29, 0.717) is 42.1 Å². The Bertz CT molecular complexity index is 892. The van der Waals surface area contributed by atoms with Gasteiger partial charge in [0, 0.05) is 24.7 Å². The van der Waals surface area contributed by atoms with Crippen molar-refractivity contribution in [1.29, 1.82) is 0 Å². The number of carbonyl (C=O) groups excluding carboxylic acids is 2. The van der Waals surface area contributed by atoms with Crippen molar-refractivity contribution in [3.8, 4) is 5.75 Å². The fourth-order valence-corrected chi connectivity index (χ4v) is 3.05. The number of methoxy groups -OCH3 is 2. The van der Waals surface area contributed by atoms with E-state index in [2.05, 4.69) is 31.9 Å². The molecule has 0 saturated heterocycles. The normalized spacial score (nSPS) is 10.2. The van der Waals surface area contributed by atoms with E-state index in [1.165, 1.54) is 7.11 Å². The summed E-state index contributed by atoms with van der Waals surface area (Å²) in [4.78, 5) is 25.0. The van der Waals surface area contributed by atoms with Crippen LogP contribution in [0.1, 0.15) is 27.1 Å². The van der Waals surface area contributed by atoms with Gasteiger partial charge in [-0.25, -0.2) is 0 Å². The third-order valence-corrected chi connectivity index (χ3v) is 4.56. The number of thiocarbonyl (C=S) groups is 1. The maximum absolute atomic E-state index is 12.6. The van der Waals surface area contributed by atoms with Crippen LogP contribution in [0.2, 0.25) is 0 Å². The SMILES string of the molecule is COCCCNC(=O)c1ccccc1NC(=S)NC(=O)c1cc(Br)ccc1OC. The molecular weight excluding hydrogens is 458 g/mol. The third-order valence-electron chi connectivity index (χ3n) is 3.86. The molecule has 29 heavy (non-hydrogen) atoms. The Balaban J connectivity index is 2.05. The summed E-state index contributed by atoms with van der Waals surface area (Å²) in [5, 5.41) is 8.40. The molecule has 9 heteroatoms. The molecule has 0 bridgehead atoms. The van der Waals surface area contributed by atoms with Gasteiger partial charge in [0.2, 0.25) is 0 Å². The summed E-state index contributed by atoms with van der Waals surface area (Å²) >= 11 is 8.58. The van der Waals surface area contributed by atoms with Crippen LogP contribution in [0.15, 0.2) is 46.9 Å². The minimum absolute atomic E-state index is 0.0664. The summed E-state index contributed by atoms with van der Waals surface area (Å²) in [5.41, 5.74) is 1.24. The molecule has 2 aromatic rings. The highest BCUT2D eigenvalue weighted by molar-refractivity contribution is 9.10. The average molecular weight is 480 g/mol. The van der Waals surface area contributed by atoms with Gasteiger partial charge in [-0.3, -0.25) is 14.9 Å². The maximum Gasteiger partial charge on any atom is 0.261 e. The molecule has 0 radical (unpaired) electrons. The number of carbonyl (C=O) groups is 2. The van der Waals surface area contributed by atoms with E-state index in [4.69, 9.17) is 21.7 Å². The zero-order valence-corrected chi connectivity index (χ0v) is 18.5. The molecule has 0 aliphatic heterocycles. The second-order valence-electron chi connectivity index (χ2n) is 5.90. The first-order valence-electron chi connectivity index (χ1n) is 8.78. The highest BCUT2D eigenvalue weighted by Gasteiger charge is 2.16. The van der Waals surface area contributed by atoms with E-state index in [0.717, 1.165) is 4.47 Å². The number of benzene rings is 2. The van der Waals surface area contributed by atoms with E-state index < -0.39 is 5.91 Å². The van der Waals surface area contributed by atoms with Crippen LogP contribution in [0.3, 0.4) is 0 Å². The zero-order valence-electron chi connectivity index (χ0n) is 16.1. The molecular formula is C20H22BrN3O4S. The smallest absolute Gasteiger partial charge is 0.261 e. The topological polar surface area (TPSA) is 88.7 Å². The van der Waals surface area contributed by atoms with Crippen LogP contribution in [0.4, 0.5) is 5.69 Å². The lowest BCUT2D eigenvalue weighted by Gasteiger charge is -2.14. The number of nitrogens with one attached hydrogen (secondary N) is 3. The summed E-state index contributed by atoms with van der Waals surface area (Å²) in [6.45, 7) is 1.06. The summed E-state index contributed by atoms with van der Waals surface area (Å²) in [6.07, 6.45) is 0.709. The molecule has 2 rings (SSSR count). The molecule has 0 fully saturated rings. The highest BCUT2D eigenvalue weighted by Crippen LogP contribution is 2.23. The number of hydrogen-bond acceptors (Lipinski definition) is 5. The predicted molar refractivity (Wildman–Crippen MR) is 120 cm³/mol. The largest absolute Gasteiger partial charge is 0.496 e. The Labute approximate surface area is 183 Å². The second kappa shape index (κ2) is 11.5. The van der Waals surface area contributed by atoms with Gasteiger partial charge < -0.3 is 20.1 Å². The molecule has 3 N–H and O–H groups in total. The minimum atomic E-state index is -0.429. The number of halogens is 1. The molecule has 0 atom stereocenters. The number of para-hydroxylation sites is 1. The summed E-state index contributed by atoms with van der Waals surface area (Å²) in [6, 6.07) is 12.0. The Hall–Kier alpha value is -2.49. The van der Waals surface area contributed by atoms with Gasteiger partial charge >= 0.3 is 0 Å². The molecule has 0 aliphatic carbocycles. The molecule has 0 saturated carbocycles. The van der Waals surface area contributed by atoms with Gasteiger partial charge in [-0.1, -0.05) is 28.1 Å². The molecule has 0 unspecified atom stereocenters. The molecule has 7 nitrogen and oxygen atoms in total. The van der Waals surface area contributed by atoms with Crippen LogP contribution in [0.25, 0.3) is 0 Å². The Morgan fingerprint density at radius 3 is 2.55 bits per heavy atom. The Morgan fingerprint density at radius 1 is 1.07 bits per heavy atom. The quantitative estimate of drug-likeness (QED) is 0.397. The van der Waals surface area contributed by atoms with Crippen LogP contribution >= 0.6 is 28.1 Å². The molecule has 0 spiro atoms. The lowest BCUT2D eigenvalue weighted by molar-refractivity contribution is 0.0947. The first-order valence-corrected chi connectivity index (χ1v) is 9.98. The third kappa shape index (κ3) is 6.81. The molecule has 154 valence electrons. The summed E-state index contributed by atoms with van der Waals surface area (Å²) < 4.78 is 10.9. The van der Waals surface area contributed by atoms with Crippen LogP contribution in [-0.2, 0) is 4.74 Å². The van der Waals surface area contributed by atoms with Gasteiger partial charge in [0.25, 0.3) is 11.8 Å². The van der Waals surface area contributed by atoms with Gasteiger partial charge in [-0.15, -0.1) is 0 Å². The molecule has 0 aliphatic rings. The van der Waals surface area contributed by atoms with Crippen molar-refractivity contribution in [2.45, 2.75) is 6.42 Å². The minimum Gasteiger partial charge on any atom is -0.496 e. The molecule has 0 aromatic heterocycles. The average Bonchev–Trinajstić information content (AvgIpc) is 2.71. The maximum atomic E-state index is 12.6. The zero-order chi connectivity index (χ0) is 21.2. The summed E-state index contributed by atoms with van der Waals surface area (Å²) in [5.74, 6) is -0.251. The van der Waals surface area contributed by atoms with Crippen LogP contribution < -0.4 is 20.7 Å². The number of amides is 2. The number of anilines is 1. The predicted octanol–water partition coefficient (Wildman–Crippen LogP) is 3.35. The lowest BCUT2D eigenvalue weighted by atomic mass is 10.1. The van der Waals surface area contributed by atoms with Gasteiger partial charge in [-0.2, -0.15) is 0 Å². The van der Waals surface area contributed by atoms with Crippen molar-refractivity contribution in [2.75, 3.05) is 32.7 Å². The summed E-state index contributed by atoms with van der Waals surface area (Å²) in [7, 11) is 3.10. The Kier molecular flexibility index (Phi) is 9.04. The van der Waals surface area contributed by atoms with Gasteiger partial charge in [0.15, 0.2) is 5.11 Å². The monoisotopic (exact) mass is 479 g/mol. The van der Waals surface area contributed by atoms with E-state index in [-0.39, 0.29) is 11.0 Å². The van der Waals surface area contributed by atoms with E-state index in [1.54, 1.807) is 49.6 Å². The Morgan fingerprint density at radius 2 is 1.83 bits per heavy atom. The molecule has 0 heterocycles. The second-order valence-corrected chi connectivity index (χ2v) is 7.22. The van der Waals surface area contributed by atoms with Gasteiger partial charge in [0.05, 0.1) is 23.9 Å². The van der Waals surface area contributed by atoms with E-state index in [1.807, 2.05) is 0 Å². The van der Waals surface area contributed by atoms with Gasteiger partial charge in [-0.05, 0) is 49.0 Å². The highest BCUT2D eigenvalue weighted by atomic mass is 79.9. The van der Waals surface area contributed by atoms with E-state index >= 15 is 0 Å².